The zero-order valence-electron chi connectivity index (χ0n) is 6.20. The van der Waals surface area contributed by atoms with Gasteiger partial charge in [-0.3, -0.25) is 0 Å². The third kappa shape index (κ3) is 6.11. The minimum atomic E-state index is -1.42. The minimum Gasteiger partial charge on any atom is -0.345 e. The van der Waals surface area contributed by atoms with Crippen LogP contribution in [0.25, 0.3) is 0 Å². The van der Waals surface area contributed by atoms with Gasteiger partial charge in [0, 0.05) is 0 Å². The molecule has 0 aromatic heterocycles. The number of aliphatic hydroxyl groups is 1. The highest BCUT2D eigenvalue weighted by Gasteiger charge is 2.16. The SMILES string of the molecule is CC(C)(C)OC(O)OP=O. The smallest absolute Gasteiger partial charge is 0.331 e. The van der Waals surface area contributed by atoms with Crippen molar-refractivity contribution < 1.29 is 18.9 Å². The molecule has 0 heterocycles. The van der Waals surface area contributed by atoms with Gasteiger partial charge in [-0.2, -0.15) is 0 Å². The molecule has 0 aliphatic heterocycles. The molecule has 0 saturated heterocycles. The van der Waals surface area contributed by atoms with E-state index in [-0.39, 0.29) is 0 Å². The lowest BCUT2D eigenvalue weighted by molar-refractivity contribution is -0.256. The predicted octanol–water partition coefficient (Wildman–Crippen LogP) is 1.30. The molecule has 0 aliphatic rings. The second-order valence-corrected chi connectivity index (χ2v) is 3.08. The molecule has 10 heavy (non-hydrogen) atoms. The van der Waals surface area contributed by atoms with Crippen molar-refractivity contribution >= 4 is 8.69 Å². The maximum Gasteiger partial charge on any atom is 0.331 e. The molecule has 0 radical (unpaired) electrons. The highest BCUT2D eigenvalue weighted by Crippen LogP contribution is 2.12. The van der Waals surface area contributed by atoms with Crippen molar-refractivity contribution in [3.8, 4) is 0 Å². The second-order valence-electron chi connectivity index (χ2n) is 2.72. The van der Waals surface area contributed by atoms with Crippen molar-refractivity contribution in [2.24, 2.45) is 0 Å². The summed E-state index contributed by atoms with van der Waals surface area (Å²) in [5.41, 5.74) is -0.496. The zero-order valence-corrected chi connectivity index (χ0v) is 7.09. The Labute approximate surface area is 61.4 Å². The summed E-state index contributed by atoms with van der Waals surface area (Å²) in [7, 11) is -0.588. The van der Waals surface area contributed by atoms with E-state index in [9.17, 15) is 4.57 Å². The zero-order chi connectivity index (χ0) is 8.20. The van der Waals surface area contributed by atoms with Crippen molar-refractivity contribution in [2.75, 3.05) is 0 Å². The number of rotatable bonds is 3. The Bertz CT molecular complexity index is 109. The van der Waals surface area contributed by atoms with E-state index in [1.807, 2.05) is 0 Å². The molecule has 0 bridgehead atoms. The number of ether oxygens (including phenoxy) is 1. The van der Waals surface area contributed by atoms with Crippen LogP contribution in [-0.2, 0) is 13.8 Å². The average molecular weight is 166 g/mol. The summed E-state index contributed by atoms with van der Waals surface area (Å²) in [6.45, 7) is 3.84. The van der Waals surface area contributed by atoms with Gasteiger partial charge in [0.1, 0.15) is 0 Å². The first-order valence-electron chi connectivity index (χ1n) is 2.80. The fraction of sp³-hybridized carbons (Fsp3) is 1.00. The quantitative estimate of drug-likeness (QED) is 0.507. The van der Waals surface area contributed by atoms with Gasteiger partial charge in [-0.1, -0.05) is 0 Å². The van der Waals surface area contributed by atoms with Gasteiger partial charge in [0.15, 0.2) is 0 Å². The summed E-state index contributed by atoms with van der Waals surface area (Å²) in [6, 6.07) is 0. The van der Waals surface area contributed by atoms with E-state index in [2.05, 4.69) is 4.52 Å². The van der Waals surface area contributed by atoms with E-state index in [0.717, 1.165) is 0 Å². The van der Waals surface area contributed by atoms with Crippen molar-refractivity contribution in [1.82, 2.24) is 0 Å². The van der Waals surface area contributed by atoms with Crippen molar-refractivity contribution in [1.29, 1.82) is 0 Å². The second kappa shape index (κ2) is 3.98. The Kier molecular flexibility index (Phi) is 3.98. The summed E-state index contributed by atoms with van der Waals surface area (Å²) in [6.07, 6.45) is 0. The molecule has 0 fully saturated rings. The molecule has 0 amide bonds. The van der Waals surface area contributed by atoms with E-state index in [0.29, 0.717) is 0 Å². The van der Waals surface area contributed by atoms with Crippen LogP contribution >= 0.6 is 8.69 Å². The van der Waals surface area contributed by atoms with E-state index >= 15 is 0 Å². The highest BCUT2D eigenvalue weighted by atomic mass is 31.1. The van der Waals surface area contributed by atoms with Crippen molar-refractivity contribution in [3.05, 3.63) is 0 Å². The Balaban J connectivity index is 3.56. The van der Waals surface area contributed by atoms with Gasteiger partial charge in [-0.25, -0.2) is 9.09 Å². The molecular weight excluding hydrogens is 155 g/mol. The Morgan fingerprint density at radius 3 is 2.30 bits per heavy atom. The summed E-state index contributed by atoms with van der Waals surface area (Å²) in [5, 5.41) is 8.73. The third-order valence-electron chi connectivity index (χ3n) is 0.588. The van der Waals surface area contributed by atoms with Gasteiger partial charge >= 0.3 is 8.69 Å². The van der Waals surface area contributed by atoms with Crippen LogP contribution in [0.3, 0.4) is 0 Å². The molecule has 4 nitrogen and oxygen atoms in total. The van der Waals surface area contributed by atoms with E-state index in [1.165, 1.54) is 0 Å². The molecule has 0 aromatic carbocycles. The van der Waals surface area contributed by atoms with Crippen LogP contribution in [0.1, 0.15) is 20.8 Å². The topological polar surface area (TPSA) is 55.8 Å². The van der Waals surface area contributed by atoms with E-state index < -0.39 is 20.8 Å². The first-order chi connectivity index (χ1) is 4.45. The van der Waals surface area contributed by atoms with Crippen LogP contribution < -0.4 is 0 Å². The standard InChI is InChI=1S/C5H11O4P/c1-5(2,3)8-4(6)9-10-7/h4,6H,1-3H3. The summed E-state index contributed by atoms with van der Waals surface area (Å²) in [5.74, 6) is 0. The molecule has 5 heteroatoms. The molecule has 0 aromatic rings. The molecule has 0 saturated carbocycles. The molecule has 1 atom stereocenters. The summed E-state index contributed by atoms with van der Waals surface area (Å²) < 4.78 is 18.7. The number of hydrogen-bond acceptors (Lipinski definition) is 4. The fourth-order valence-corrected chi connectivity index (χ4v) is 0.477. The fourth-order valence-electron chi connectivity index (χ4n) is 0.361. The van der Waals surface area contributed by atoms with Gasteiger partial charge < -0.3 is 9.84 Å². The van der Waals surface area contributed by atoms with Crippen LogP contribution in [0.15, 0.2) is 0 Å². The molecule has 0 aliphatic carbocycles. The third-order valence-corrected chi connectivity index (χ3v) is 0.854. The molecule has 60 valence electrons. The van der Waals surface area contributed by atoms with E-state index in [1.54, 1.807) is 20.8 Å². The first-order valence-corrected chi connectivity index (χ1v) is 3.53. The van der Waals surface area contributed by atoms with Gasteiger partial charge in [0.2, 0.25) is 0 Å². The van der Waals surface area contributed by atoms with Crippen LogP contribution in [0, 0.1) is 0 Å². The van der Waals surface area contributed by atoms with Gasteiger partial charge in [0.05, 0.1) is 5.60 Å². The monoisotopic (exact) mass is 166 g/mol. The largest absolute Gasteiger partial charge is 0.345 e. The van der Waals surface area contributed by atoms with Crippen molar-refractivity contribution in [2.45, 2.75) is 32.8 Å². The molecule has 1 unspecified atom stereocenters. The van der Waals surface area contributed by atoms with Crippen LogP contribution in [0.4, 0.5) is 0 Å². The lowest BCUT2D eigenvalue weighted by atomic mass is 10.2. The molecular formula is C5H11O4P. The minimum absolute atomic E-state index is 0.496. The van der Waals surface area contributed by atoms with Crippen LogP contribution in [-0.4, -0.2) is 17.2 Å². The number of aliphatic hydroxyl groups excluding tert-OH is 1. The normalized spacial score (nSPS) is 15.6. The van der Waals surface area contributed by atoms with Gasteiger partial charge in [-0.15, -0.1) is 0 Å². The molecule has 0 spiro atoms. The lowest BCUT2D eigenvalue weighted by Crippen LogP contribution is -2.27. The Hall–Kier alpha value is -0.0200. The van der Waals surface area contributed by atoms with Crippen molar-refractivity contribution in [3.63, 3.8) is 0 Å². The Morgan fingerprint density at radius 1 is 1.50 bits per heavy atom. The average Bonchev–Trinajstić information content (AvgIpc) is 1.59. The highest BCUT2D eigenvalue weighted by molar-refractivity contribution is 7.17. The number of hydrogen-bond donors (Lipinski definition) is 1. The predicted molar refractivity (Wildman–Crippen MR) is 35.5 cm³/mol. The Morgan fingerprint density at radius 2 is 2.00 bits per heavy atom. The van der Waals surface area contributed by atoms with Crippen LogP contribution in [0.5, 0.6) is 0 Å². The van der Waals surface area contributed by atoms with Gasteiger partial charge in [-0.05, 0) is 20.8 Å². The maximum absolute atomic E-state index is 9.74. The molecule has 0 rings (SSSR count). The first kappa shape index (κ1) is 9.98. The summed E-state index contributed by atoms with van der Waals surface area (Å²) in [4.78, 5) is 0. The summed E-state index contributed by atoms with van der Waals surface area (Å²) >= 11 is 0. The maximum atomic E-state index is 9.74. The lowest BCUT2D eigenvalue weighted by Gasteiger charge is -2.21. The van der Waals surface area contributed by atoms with Gasteiger partial charge in [0.25, 0.3) is 6.48 Å². The van der Waals surface area contributed by atoms with E-state index in [4.69, 9.17) is 9.84 Å². The molecule has 1 N–H and O–H groups in total. The van der Waals surface area contributed by atoms with Crippen LogP contribution in [0.2, 0.25) is 0 Å².